The van der Waals surface area contributed by atoms with Crippen molar-refractivity contribution in [3.8, 4) is 0 Å². The van der Waals surface area contributed by atoms with Gasteiger partial charge >= 0.3 is 0 Å². The Morgan fingerprint density at radius 2 is 1.46 bits per heavy atom. The number of sulfonamides is 1. The Morgan fingerprint density at radius 1 is 0.878 bits per heavy atom. The quantitative estimate of drug-likeness (QED) is 0.238. The third kappa shape index (κ3) is 8.16. The van der Waals surface area contributed by atoms with Crippen LogP contribution in [0, 0.1) is 12.8 Å². The fraction of sp³-hybridized carbons (Fsp3) is 0.333. The molecular weight excluding hydrogens is 605 g/mol. The molecule has 11 heteroatoms. The van der Waals surface area contributed by atoms with E-state index >= 15 is 0 Å². The predicted octanol–water partition coefficient (Wildman–Crippen LogP) is 6.73. The van der Waals surface area contributed by atoms with E-state index in [4.69, 9.17) is 34.8 Å². The van der Waals surface area contributed by atoms with E-state index in [1.165, 1.54) is 23.1 Å². The number of aryl methyl sites for hydroxylation is 1. The molecule has 3 aromatic carbocycles. The molecule has 0 aromatic heterocycles. The van der Waals surface area contributed by atoms with Crippen molar-refractivity contribution in [2.75, 3.05) is 17.4 Å². The van der Waals surface area contributed by atoms with Crippen LogP contribution in [0.2, 0.25) is 15.1 Å². The molecule has 0 spiro atoms. The van der Waals surface area contributed by atoms with Crippen LogP contribution in [-0.2, 0) is 26.2 Å². The van der Waals surface area contributed by atoms with Crippen LogP contribution in [0.4, 0.5) is 5.69 Å². The first-order valence-corrected chi connectivity index (χ1v) is 15.8. The van der Waals surface area contributed by atoms with Crippen LogP contribution in [0.1, 0.15) is 38.3 Å². The van der Waals surface area contributed by atoms with Crippen LogP contribution in [0.15, 0.2) is 71.6 Å². The second-order valence-corrected chi connectivity index (χ2v) is 13.1. The predicted molar refractivity (Wildman–Crippen MR) is 166 cm³/mol. The molecule has 0 bridgehead atoms. The number of carbonyl (C=O) groups is 2. The number of amides is 2. The molecule has 0 heterocycles. The standard InChI is InChI=1S/C30H34Cl3N3O4S/c1-5-27(30(38)34-17-20(2)3)35(18-23-24(31)10-8-11-25(23)32)29(37)19-36(28-12-7-6-9-26(28)33)41(39,40)22-15-13-21(4)14-16-22/h6-16,20,27H,5,17-19H2,1-4H3,(H,34,38)/t27-/m1/s1. The van der Waals surface area contributed by atoms with Crippen molar-refractivity contribution in [1.82, 2.24) is 10.2 Å². The number of anilines is 1. The van der Waals surface area contributed by atoms with E-state index in [2.05, 4.69) is 5.32 Å². The molecule has 0 aliphatic rings. The van der Waals surface area contributed by atoms with Gasteiger partial charge in [-0.3, -0.25) is 13.9 Å². The van der Waals surface area contributed by atoms with Crippen LogP contribution in [0.3, 0.4) is 0 Å². The molecule has 0 unspecified atom stereocenters. The summed E-state index contributed by atoms with van der Waals surface area (Å²) in [4.78, 5) is 28.8. The minimum atomic E-state index is -4.24. The Balaban J connectivity index is 2.10. The monoisotopic (exact) mass is 637 g/mol. The summed E-state index contributed by atoms with van der Waals surface area (Å²) in [5.74, 6) is -0.791. The van der Waals surface area contributed by atoms with E-state index in [9.17, 15) is 18.0 Å². The lowest BCUT2D eigenvalue weighted by Gasteiger charge is -2.34. The molecule has 220 valence electrons. The molecule has 0 saturated heterocycles. The number of carbonyl (C=O) groups excluding carboxylic acids is 2. The third-order valence-corrected chi connectivity index (χ3v) is 9.27. The van der Waals surface area contributed by atoms with Gasteiger partial charge in [0.05, 0.1) is 15.6 Å². The van der Waals surface area contributed by atoms with Crippen LogP contribution < -0.4 is 9.62 Å². The Hall–Kier alpha value is -2.78. The zero-order valence-corrected chi connectivity index (χ0v) is 26.5. The van der Waals surface area contributed by atoms with Crippen molar-refractivity contribution in [2.45, 2.75) is 51.6 Å². The highest BCUT2D eigenvalue weighted by Gasteiger charge is 2.35. The minimum absolute atomic E-state index is 0.00163. The maximum absolute atomic E-state index is 14.2. The Morgan fingerprint density at radius 3 is 2.02 bits per heavy atom. The Bertz CT molecular complexity index is 1460. The maximum Gasteiger partial charge on any atom is 0.264 e. The van der Waals surface area contributed by atoms with E-state index in [1.807, 2.05) is 20.8 Å². The smallest absolute Gasteiger partial charge is 0.264 e. The molecule has 7 nitrogen and oxygen atoms in total. The van der Waals surface area contributed by atoms with E-state index in [0.29, 0.717) is 22.2 Å². The summed E-state index contributed by atoms with van der Waals surface area (Å²) in [6.45, 7) is 7.25. The number of benzene rings is 3. The van der Waals surface area contributed by atoms with Crippen molar-refractivity contribution in [2.24, 2.45) is 5.92 Å². The van der Waals surface area contributed by atoms with Crippen molar-refractivity contribution in [3.05, 3.63) is 92.9 Å². The first kappa shape index (κ1) is 32.7. The largest absolute Gasteiger partial charge is 0.354 e. The molecule has 0 fully saturated rings. The summed E-state index contributed by atoms with van der Waals surface area (Å²) in [6.07, 6.45) is 0.272. The van der Waals surface area contributed by atoms with Crippen LogP contribution >= 0.6 is 34.8 Å². The summed E-state index contributed by atoms with van der Waals surface area (Å²) in [5.41, 5.74) is 1.46. The average molecular weight is 639 g/mol. The normalized spacial score (nSPS) is 12.2. The fourth-order valence-electron chi connectivity index (χ4n) is 4.20. The zero-order chi connectivity index (χ0) is 30.3. The fourth-order valence-corrected chi connectivity index (χ4v) is 6.44. The number of halogens is 3. The third-order valence-electron chi connectivity index (χ3n) is 6.47. The van der Waals surface area contributed by atoms with E-state index < -0.39 is 28.5 Å². The topological polar surface area (TPSA) is 86.8 Å². The number of nitrogens with zero attached hydrogens (tertiary/aromatic N) is 2. The van der Waals surface area contributed by atoms with Gasteiger partial charge in [-0.05, 0) is 55.7 Å². The average Bonchev–Trinajstić information content (AvgIpc) is 2.92. The van der Waals surface area contributed by atoms with Crippen molar-refractivity contribution in [1.29, 1.82) is 0 Å². The van der Waals surface area contributed by atoms with Crippen molar-refractivity contribution < 1.29 is 18.0 Å². The molecule has 0 aliphatic heterocycles. The van der Waals surface area contributed by atoms with E-state index in [0.717, 1.165) is 9.87 Å². The first-order valence-electron chi connectivity index (χ1n) is 13.2. The van der Waals surface area contributed by atoms with Gasteiger partial charge in [0.2, 0.25) is 11.8 Å². The van der Waals surface area contributed by atoms with Crippen LogP contribution in [0.5, 0.6) is 0 Å². The lowest BCUT2D eigenvalue weighted by molar-refractivity contribution is -0.140. The molecule has 0 aliphatic carbocycles. The molecule has 0 radical (unpaired) electrons. The van der Waals surface area contributed by atoms with Gasteiger partial charge in [-0.15, -0.1) is 0 Å². The lowest BCUT2D eigenvalue weighted by Crippen LogP contribution is -2.52. The summed E-state index contributed by atoms with van der Waals surface area (Å²) < 4.78 is 28.9. The minimum Gasteiger partial charge on any atom is -0.354 e. The van der Waals surface area contributed by atoms with Gasteiger partial charge < -0.3 is 10.2 Å². The number of para-hydroxylation sites is 1. The van der Waals surface area contributed by atoms with Gasteiger partial charge in [-0.1, -0.05) is 91.5 Å². The van der Waals surface area contributed by atoms with Gasteiger partial charge in [0.15, 0.2) is 0 Å². The number of hydrogen-bond donors (Lipinski definition) is 1. The molecule has 1 atom stereocenters. The van der Waals surface area contributed by atoms with Gasteiger partial charge in [0, 0.05) is 28.7 Å². The molecule has 3 rings (SSSR count). The van der Waals surface area contributed by atoms with E-state index in [1.54, 1.807) is 55.5 Å². The molecule has 1 N–H and O–H groups in total. The second kappa shape index (κ2) is 14.4. The first-order chi connectivity index (χ1) is 19.4. The summed E-state index contributed by atoms with van der Waals surface area (Å²) >= 11 is 19.4. The highest BCUT2D eigenvalue weighted by atomic mass is 35.5. The Kier molecular flexibility index (Phi) is 11.5. The SMILES string of the molecule is CC[C@H](C(=O)NCC(C)C)N(Cc1c(Cl)cccc1Cl)C(=O)CN(c1ccccc1Cl)S(=O)(=O)c1ccc(C)cc1. The van der Waals surface area contributed by atoms with Crippen molar-refractivity contribution in [3.63, 3.8) is 0 Å². The highest BCUT2D eigenvalue weighted by molar-refractivity contribution is 7.92. The zero-order valence-electron chi connectivity index (χ0n) is 23.4. The molecule has 0 saturated carbocycles. The molecule has 3 aromatic rings. The number of rotatable bonds is 12. The summed E-state index contributed by atoms with van der Waals surface area (Å²) in [7, 11) is -4.24. The van der Waals surface area contributed by atoms with Crippen molar-refractivity contribution >= 4 is 62.3 Å². The Labute approximate surface area is 257 Å². The summed E-state index contributed by atoms with van der Waals surface area (Å²) in [6, 6.07) is 16.8. The van der Waals surface area contributed by atoms with Gasteiger partial charge in [-0.2, -0.15) is 0 Å². The number of hydrogen-bond acceptors (Lipinski definition) is 4. The lowest BCUT2D eigenvalue weighted by atomic mass is 10.1. The number of nitrogens with one attached hydrogen (secondary N) is 1. The molecule has 41 heavy (non-hydrogen) atoms. The molecular formula is C30H34Cl3N3O4S. The maximum atomic E-state index is 14.2. The van der Waals surface area contributed by atoms with Gasteiger partial charge in [0.25, 0.3) is 10.0 Å². The van der Waals surface area contributed by atoms with Gasteiger partial charge in [-0.25, -0.2) is 8.42 Å². The van der Waals surface area contributed by atoms with Gasteiger partial charge in [0.1, 0.15) is 12.6 Å². The highest BCUT2D eigenvalue weighted by Crippen LogP contribution is 2.32. The molecule has 2 amide bonds. The van der Waals surface area contributed by atoms with Crippen LogP contribution in [0.25, 0.3) is 0 Å². The summed E-state index contributed by atoms with van der Waals surface area (Å²) in [5, 5.41) is 3.68. The van der Waals surface area contributed by atoms with Crippen LogP contribution in [-0.4, -0.2) is 44.3 Å². The van der Waals surface area contributed by atoms with E-state index in [-0.39, 0.29) is 40.4 Å². The second-order valence-electron chi connectivity index (χ2n) is 10.1.